The Morgan fingerprint density at radius 2 is 2.06 bits per heavy atom. The zero-order chi connectivity index (χ0) is 11.9. The highest BCUT2D eigenvalue weighted by molar-refractivity contribution is 5.85. The van der Waals surface area contributed by atoms with Crippen molar-refractivity contribution < 1.29 is 9.53 Å². The van der Waals surface area contributed by atoms with E-state index in [0.29, 0.717) is 19.1 Å². The van der Waals surface area contributed by atoms with Crippen LogP contribution in [0.25, 0.3) is 0 Å². The summed E-state index contributed by atoms with van der Waals surface area (Å²) in [7, 11) is 0. The van der Waals surface area contributed by atoms with Gasteiger partial charge in [-0.05, 0) is 26.2 Å². The van der Waals surface area contributed by atoms with Crippen molar-refractivity contribution in [2.24, 2.45) is 11.7 Å². The van der Waals surface area contributed by atoms with Crippen molar-refractivity contribution in [1.29, 1.82) is 0 Å². The predicted octanol–water partition coefficient (Wildman–Crippen LogP) is 1.32. The van der Waals surface area contributed by atoms with Crippen LogP contribution in [0.4, 0.5) is 0 Å². The zero-order valence-corrected chi connectivity index (χ0v) is 11.5. The van der Waals surface area contributed by atoms with Crippen LogP contribution in [-0.2, 0) is 9.53 Å². The second-order valence-corrected chi connectivity index (χ2v) is 4.55. The normalized spacial score (nSPS) is 14.1. The molecule has 4 nitrogen and oxygen atoms in total. The molecule has 1 unspecified atom stereocenters. The van der Waals surface area contributed by atoms with Gasteiger partial charge in [0.2, 0.25) is 5.91 Å². The maximum Gasteiger partial charge on any atom is 0.246 e. The van der Waals surface area contributed by atoms with Gasteiger partial charge in [0.25, 0.3) is 0 Å². The first kappa shape index (κ1) is 18.1. The third-order valence-corrected chi connectivity index (χ3v) is 2.19. The lowest BCUT2D eigenvalue weighted by atomic mass is 9.91. The Hall–Kier alpha value is -0.320. The summed E-state index contributed by atoms with van der Waals surface area (Å²) in [6.45, 7) is 9.18. The van der Waals surface area contributed by atoms with Crippen molar-refractivity contribution in [1.82, 2.24) is 5.32 Å². The summed E-state index contributed by atoms with van der Waals surface area (Å²) < 4.78 is 5.04. The van der Waals surface area contributed by atoms with E-state index in [1.807, 2.05) is 13.8 Å². The summed E-state index contributed by atoms with van der Waals surface area (Å²) in [6.07, 6.45) is 0.876. The molecule has 0 bridgehead atoms. The van der Waals surface area contributed by atoms with Gasteiger partial charge in [-0.1, -0.05) is 13.8 Å². The van der Waals surface area contributed by atoms with Crippen LogP contribution in [0.1, 0.15) is 34.1 Å². The minimum absolute atomic E-state index is 0. The molecule has 1 amide bonds. The number of carbonyl (C=O) groups excluding carboxylic acids is 1. The standard InChI is InChI=1S/C11H24N2O2.ClH/c1-5-15-7-10(14)13-11(4,8-12)6-9(2)3;/h9H,5-8,12H2,1-4H3,(H,13,14);1H. The first-order valence-corrected chi connectivity index (χ1v) is 5.52. The van der Waals surface area contributed by atoms with Gasteiger partial charge in [0.15, 0.2) is 0 Å². The molecule has 0 aliphatic rings. The maximum absolute atomic E-state index is 11.5. The van der Waals surface area contributed by atoms with Gasteiger partial charge < -0.3 is 15.8 Å². The van der Waals surface area contributed by atoms with E-state index in [9.17, 15) is 4.79 Å². The summed E-state index contributed by atoms with van der Waals surface area (Å²) in [6, 6.07) is 0. The highest BCUT2D eigenvalue weighted by Gasteiger charge is 2.25. The Morgan fingerprint density at radius 3 is 2.44 bits per heavy atom. The van der Waals surface area contributed by atoms with E-state index in [1.54, 1.807) is 0 Å². The molecule has 98 valence electrons. The summed E-state index contributed by atoms with van der Waals surface area (Å²) in [5.41, 5.74) is 5.36. The average molecular weight is 253 g/mol. The number of rotatable bonds is 7. The number of hydrogen-bond acceptors (Lipinski definition) is 3. The minimum atomic E-state index is -0.317. The lowest BCUT2D eigenvalue weighted by Crippen LogP contribution is -2.53. The number of amides is 1. The van der Waals surface area contributed by atoms with Crippen LogP contribution in [0.15, 0.2) is 0 Å². The van der Waals surface area contributed by atoms with Crippen LogP contribution < -0.4 is 11.1 Å². The largest absolute Gasteiger partial charge is 0.372 e. The molecule has 0 aromatic heterocycles. The number of ether oxygens (including phenoxy) is 1. The molecule has 0 heterocycles. The van der Waals surface area contributed by atoms with E-state index < -0.39 is 0 Å². The van der Waals surface area contributed by atoms with Crippen molar-refractivity contribution in [3.63, 3.8) is 0 Å². The smallest absolute Gasteiger partial charge is 0.246 e. The quantitative estimate of drug-likeness (QED) is 0.719. The predicted molar refractivity (Wildman–Crippen MR) is 68.8 cm³/mol. The third kappa shape index (κ3) is 7.91. The molecular formula is C11H25ClN2O2. The van der Waals surface area contributed by atoms with Crippen molar-refractivity contribution in [3.8, 4) is 0 Å². The van der Waals surface area contributed by atoms with Crippen LogP contribution in [0, 0.1) is 5.92 Å². The lowest BCUT2D eigenvalue weighted by molar-refractivity contribution is -0.127. The fraction of sp³-hybridized carbons (Fsp3) is 0.909. The maximum atomic E-state index is 11.5. The molecule has 0 aromatic rings. The first-order chi connectivity index (χ1) is 6.93. The van der Waals surface area contributed by atoms with E-state index in [0.717, 1.165) is 6.42 Å². The Morgan fingerprint density at radius 1 is 1.50 bits per heavy atom. The van der Waals surface area contributed by atoms with Gasteiger partial charge in [-0.3, -0.25) is 4.79 Å². The highest BCUT2D eigenvalue weighted by Crippen LogP contribution is 2.14. The van der Waals surface area contributed by atoms with Crippen molar-refractivity contribution in [3.05, 3.63) is 0 Å². The Labute approximate surface area is 105 Å². The highest BCUT2D eigenvalue weighted by atomic mass is 35.5. The van der Waals surface area contributed by atoms with Crippen LogP contribution in [0.3, 0.4) is 0 Å². The molecule has 3 N–H and O–H groups in total. The number of carbonyl (C=O) groups is 1. The number of hydrogen-bond donors (Lipinski definition) is 2. The molecule has 0 radical (unpaired) electrons. The monoisotopic (exact) mass is 252 g/mol. The molecule has 0 aromatic carbocycles. The van der Waals surface area contributed by atoms with Crippen LogP contribution >= 0.6 is 12.4 Å². The van der Waals surface area contributed by atoms with E-state index in [4.69, 9.17) is 10.5 Å². The SMILES string of the molecule is CCOCC(=O)NC(C)(CN)CC(C)C.Cl. The average Bonchev–Trinajstić information content (AvgIpc) is 2.13. The molecule has 0 saturated carbocycles. The Kier molecular flexibility index (Phi) is 9.92. The fourth-order valence-corrected chi connectivity index (χ4v) is 1.65. The van der Waals surface area contributed by atoms with Gasteiger partial charge in [0.05, 0.1) is 0 Å². The topological polar surface area (TPSA) is 64.3 Å². The Balaban J connectivity index is 0. The Bertz CT molecular complexity index is 200. The summed E-state index contributed by atoms with van der Waals surface area (Å²) in [5.74, 6) is 0.413. The van der Waals surface area contributed by atoms with Crippen LogP contribution in [0.2, 0.25) is 0 Å². The molecule has 0 aliphatic heterocycles. The minimum Gasteiger partial charge on any atom is -0.372 e. The van der Waals surface area contributed by atoms with Crippen molar-refractivity contribution >= 4 is 18.3 Å². The molecule has 0 aliphatic carbocycles. The van der Waals surface area contributed by atoms with Gasteiger partial charge in [-0.2, -0.15) is 0 Å². The summed E-state index contributed by atoms with van der Waals surface area (Å²) in [4.78, 5) is 11.5. The van der Waals surface area contributed by atoms with Gasteiger partial charge in [-0.25, -0.2) is 0 Å². The molecule has 0 saturated heterocycles. The fourth-order valence-electron chi connectivity index (χ4n) is 1.65. The van der Waals surface area contributed by atoms with E-state index in [1.165, 1.54) is 0 Å². The molecule has 5 heteroatoms. The number of nitrogens with one attached hydrogen (secondary N) is 1. The van der Waals surface area contributed by atoms with Gasteiger partial charge >= 0.3 is 0 Å². The molecule has 16 heavy (non-hydrogen) atoms. The molecule has 1 atom stereocenters. The second kappa shape index (κ2) is 8.79. The van der Waals surface area contributed by atoms with Gasteiger partial charge in [-0.15, -0.1) is 12.4 Å². The second-order valence-electron chi connectivity index (χ2n) is 4.55. The molecule has 0 spiro atoms. The summed E-state index contributed by atoms with van der Waals surface area (Å²) in [5, 5.41) is 2.92. The van der Waals surface area contributed by atoms with E-state index in [2.05, 4.69) is 19.2 Å². The van der Waals surface area contributed by atoms with Gasteiger partial charge in [0.1, 0.15) is 6.61 Å². The lowest BCUT2D eigenvalue weighted by Gasteiger charge is -2.31. The van der Waals surface area contributed by atoms with Crippen LogP contribution in [0.5, 0.6) is 0 Å². The number of nitrogens with two attached hydrogens (primary N) is 1. The van der Waals surface area contributed by atoms with Crippen molar-refractivity contribution in [2.45, 2.75) is 39.7 Å². The first-order valence-electron chi connectivity index (χ1n) is 5.52. The van der Waals surface area contributed by atoms with Crippen molar-refractivity contribution in [2.75, 3.05) is 19.8 Å². The van der Waals surface area contributed by atoms with E-state index in [-0.39, 0.29) is 30.5 Å². The molecular weight excluding hydrogens is 228 g/mol. The summed E-state index contributed by atoms with van der Waals surface area (Å²) >= 11 is 0. The third-order valence-electron chi connectivity index (χ3n) is 2.19. The van der Waals surface area contributed by atoms with Crippen LogP contribution in [-0.4, -0.2) is 31.2 Å². The molecule has 0 fully saturated rings. The number of halogens is 1. The zero-order valence-electron chi connectivity index (χ0n) is 10.7. The van der Waals surface area contributed by atoms with Gasteiger partial charge in [0, 0.05) is 18.7 Å². The molecule has 0 rings (SSSR count). The van der Waals surface area contributed by atoms with E-state index >= 15 is 0 Å².